The van der Waals surface area contributed by atoms with Gasteiger partial charge in [-0.3, -0.25) is 24.4 Å². The van der Waals surface area contributed by atoms with Crippen LogP contribution in [0.5, 0.6) is 0 Å². The number of carbonyl (C=O) groups is 1. The largest absolute Gasteiger partial charge is 0.371 e. The van der Waals surface area contributed by atoms with E-state index in [1.807, 2.05) is 0 Å². The first-order valence-electron chi connectivity index (χ1n) is 12.1. The van der Waals surface area contributed by atoms with Crippen LogP contribution < -0.4 is 10.9 Å². The Kier molecular flexibility index (Phi) is 7.05. The highest BCUT2D eigenvalue weighted by Gasteiger charge is 2.25. The lowest BCUT2D eigenvalue weighted by atomic mass is 9.97. The number of fused-ring (bicyclic) bond motifs is 3. The van der Waals surface area contributed by atoms with E-state index in [9.17, 15) is 9.59 Å². The highest BCUT2D eigenvalue weighted by molar-refractivity contribution is 7.18. The maximum Gasteiger partial charge on any atom is 0.263 e. The molecule has 3 aromatic heterocycles. The third-order valence-corrected chi connectivity index (χ3v) is 8.72. The van der Waals surface area contributed by atoms with Gasteiger partial charge in [-0.15, -0.1) is 21.5 Å². The molecule has 11 heteroatoms. The predicted molar refractivity (Wildman–Crippen MR) is 134 cm³/mol. The second kappa shape index (κ2) is 10.2. The van der Waals surface area contributed by atoms with Gasteiger partial charge in [0.2, 0.25) is 11.0 Å². The summed E-state index contributed by atoms with van der Waals surface area (Å²) in [5, 5.41) is 13.0. The van der Waals surface area contributed by atoms with Gasteiger partial charge in [-0.2, -0.15) is 0 Å². The first kappa shape index (κ1) is 23.5. The first-order chi connectivity index (χ1) is 16.6. The van der Waals surface area contributed by atoms with E-state index in [1.165, 1.54) is 16.2 Å². The quantitative estimate of drug-likeness (QED) is 0.503. The lowest BCUT2D eigenvalue weighted by Crippen LogP contribution is -2.34. The highest BCUT2D eigenvalue weighted by atomic mass is 32.1. The molecule has 1 unspecified atom stereocenters. The lowest BCUT2D eigenvalue weighted by Gasteiger charge is -2.20. The molecule has 1 amide bonds. The van der Waals surface area contributed by atoms with Crippen LogP contribution in [-0.2, 0) is 35.5 Å². The summed E-state index contributed by atoms with van der Waals surface area (Å²) in [5.41, 5.74) is 1.02. The van der Waals surface area contributed by atoms with Gasteiger partial charge in [0.25, 0.3) is 5.56 Å². The molecule has 0 aromatic carbocycles. The fourth-order valence-corrected chi connectivity index (χ4v) is 6.82. The van der Waals surface area contributed by atoms with Crippen molar-refractivity contribution < 1.29 is 9.53 Å². The summed E-state index contributed by atoms with van der Waals surface area (Å²) in [6.07, 6.45) is 6.04. The van der Waals surface area contributed by atoms with Gasteiger partial charge in [-0.05, 0) is 57.2 Å². The summed E-state index contributed by atoms with van der Waals surface area (Å²) in [7, 11) is 0. The van der Waals surface area contributed by atoms with Gasteiger partial charge < -0.3 is 4.74 Å². The molecule has 3 aromatic rings. The van der Waals surface area contributed by atoms with Crippen molar-refractivity contribution in [3.05, 3.63) is 31.6 Å². The van der Waals surface area contributed by atoms with E-state index in [2.05, 4.69) is 34.3 Å². The standard InChI is InChI=1S/C23H30N6O3S2/c1-3-28(4-2)12-17-24-21-19(14-8-5-6-10-16(14)33-21)22(31)29(17)13-18(30)25-23-27-26-20(34-23)15-9-7-11-32-15/h15H,3-13H2,1-2H3,(H,25,27,30). The topological polar surface area (TPSA) is 102 Å². The molecule has 1 aliphatic heterocycles. The number of anilines is 1. The van der Waals surface area contributed by atoms with Gasteiger partial charge in [0.15, 0.2) is 0 Å². The number of hydrogen-bond acceptors (Lipinski definition) is 9. The van der Waals surface area contributed by atoms with E-state index >= 15 is 0 Å². The van der Waals surface area contributed by atoms with E-state index in [1.54, 1.807) is 15.9 Å². The second-order valence-corrected chi connectivity index (χ2v) is 10.9. The van der Waals surface area contributed by atoms with E-state index in [0.29, 0.717) is 22.9 Å². The average molecular weight is 503 g/mol. The van der Waals surface area contributed by atoms with Crippen molar-refractivity contribution in [1.82, 2.24) is 24.6 Å². The molecule has 0 radical (unpaired) electrons. The van der Waals surface area contributed by atoms with Crippen molar-refractivity contribution in [2.45, 2.75) is 71.6 Å². The van der Waals surface area contributed by atoms with E-state index in [4.69, 9.17) is 9.72 Å². The monoisotopic (exact) mass is 502 g/mol. The fraction of sp³-hybridized carbons (Fsp3) is 0.609. The molecule has 1 fully saturated rings. The zero-order chi connectivity index (χ0) is 23.7. The Morgan fingerprint density at radius 3 is 2.76 bits per heavy atom. The maximum absolute atomic E-state index is 13.7. The molecule has 0 saturated carbocycles. The Hall–Kier alpha value is -2.21. The van der Waals surface area contributed by atoms with E-state index in [0.717, 1.165) is 73.6 Å². The fourth-order valence-electron chi connectivity index (χ4n) is 4.70. The Labute approximate surface area is 206 Å². The minimum Gasteiger partial charge on any atom is -0.371 e. The summed E-state index contributed by atoms with van der Waals surface area (Å²) < 4.78 is 7.21. The van der Waals surface area contributed by atoms with Crippen LogP contribution in [-0.4, -0.2) is 50.3 Å². The second-order valence-electron chi connectivity index (χ2n) is 8.77. The summed E-state index contributed by atoms with van der Waals surface area (Å²) in [4.78, 5) is 35.9. The van der Waals surface area contributed by atoms with Crippen LogP contribution >= 0.6 is 22.7 Å². The number of amides is 1. The van der Waals surface area contributed by atoms with Crippen molar-refractivity contribution in [3.8, 4) is 0 Å². The highest BCUT2D eigenvalue weighted by Crippen LogP contribution is 2.34. The Balaban J connectivity index is 1.44. The SMILES string of the molecule is CCN(CC)Cc1nc2sc3c(c2c(=O)n1CC(=O)Nc1nnc(C2CCCO2)s1)CCCC3. The first-order valence-corrected chi connectivity index (χ1v) is 13.7. The zero-order valence-corrected chi connectivity index (χ0v) is 21.3. The molecule has 2 aliphatic rings. The Morgan fingerprint density at radius 1 is 1.18 bits per heavy atom. The minimum absolute atomic E-state index is 0.0391. The van der Waals surface area contributed by atoms with Crippen LogP contribution in [0.2, 0.25) is 0 Å². The molecule has 5 rings (SSSR count). The van der Waals surface area contributed by atoms with Gasteiger partial charge in [0.05, 0.1) is 11.9 Å². The molecule has 1 saturated heterocycles. The van der Waals surface area contributed by atoms with Crippen molar-refractivity contribution in [2.75, 3.05) is 25.0 Å². The number of nitrogens with one attached hydrogen (secondary N) is 1. The maximum atomic E-state index is 13.7. The summed E-state index contributed by atoms with van der Waals surface area (Å²) in [6, 6.07) is 0. The molecular weight excluding hydrogens is 472 g/mol. The van der Waals surface area contributed by atoms with Gasteiger partial charge in [0, 0.05) is 11.5 Å². The van der Waals surface area contributed by atoms with E-state index in [-0.39, 0.29) is 24.1 Å². The zero-order valence-electron chi connectivity index (χ0n) is 19.6. The molecule has 1 aliphatic carbocycles. The summed E-state index contributed by atoms with van der Waals surface area (Å²) in [6.45, 7) is 7.01. The number of aryl methyl sites for hydroxylation is 2. The molecule has 182 valence electrons. The number of rotatable bonds is 8. The molecule has 4 heterocycles. The van der Waals surface area contributed by atoms with Crippen molar-refractivity contribution in [2.24, 2.45) is 0 Å². The molecule has 1 atom stereocenters. The van der Waals surface area contributed by atoms with Crippen molar-refractivity contribution in [1.29, 1.82) is 0 Å². The number of hydrogen-bond donors (Lipinski definition) is 1. The number of thiophene rings is 1. The Morgan fingerprint density at radius 2 is 2.00 bits per heavy atom. The average Bonchev–Trinajstić information content (AvgIpc) is 3.59. The Bertz CT molecular complexity index is 1240. The van der Waals surface area contributed by atoms with Crippen LogP contribution in [0, 0.1) is 0 Å². The van der Waals surface area contributed by atoms with Gasteiger partial charge in [-0.25, -0.2) is 4.98 Å². The minimum atomic E-state index is -0.303. The van der Waals surface area contributed by atoms with Crippen LogP contribution in [0.25, 0.3) is 10.2 Å². The van der Waals surface area contributed by atoms with Gasteiger partial charge in [0.1, 0.15) is 28.3 Å². The normalized spacial score (nSPS) is 18.0. The predicted octanol–water partition coefficient (Wildman–Crippen LogP) is 3.52. The summed E-state index contributed by atoms with van der Waals surface area (Å²) in [5.74, 6) is 0.329. The van der Waals surface area contributed by atoms with Gasteiger partial charge in [-0.1, -0.05) is 25.2 Å². The number of ether oxygens (including phenoxy) is 1. The molecule has 34 heavy (non-hydrogen) atoms. The molecular formula is C23H30N6O3S2. The number of aromatic nitrogens is 4. The van der Waals surface area contributed by atoms with Crippen molar-refractivity contribution >= 4 is 43.9 Å². The molecule has 9 nitrogen and oxygen atoms in total. The van der Waals surface area contributed by atoms with Crippen LogP contribution in [0.1, 0.15) is 66.9 Å². The van der Waals surface area contributed by atoms with Crippen LogP contribution in [0.3, 0.4) is 0 Å². The molecule has 0 bridgehead atoms. The van der Waals surface area contributed by atoms with E-state index < -0.39 is 0 Å². The van der Waals surface area contributed by atoms with Crippen LogP contribution in [0.4, 0.5) is 5.13 Å². The molecule has 0 spiro atoms. The van der Waals surface area contributed by atoms with Crippen molar-refractivity contribution in [3.63, 3.8) is 0 Å². The third kappa shape index (κ3) is 4.66. The van der Waals surface area contributed by atoms with Gasteiger partial charge >= 0.3 is 0 Å². The molecule has 1 N–H and O–H groups in total. The number of nitrogens with zero attached hydrogens (tertiary/aromatic N) is 5. The third-order valence-electron chi connectivity index (χ3n) is 6.61. The smallest absolute Gasteiger partial charge is 0.263 e. The number of carbonyl (C=O) groups excluding carboxylic acids is 1. The summed E-state index contributed by atoms with van der Waals surface area (Å²) >= 11 is 2.97. The lowest BCUT2D eigenvalue weighted by molar-refractivity contribution is -0.116. The van der Waals surface area contributed by atoms with Crippen LogP contribution in [0.15, 0.2) is 4.79 Å².